The summed E-state index contributed by atoms with van der Waals surface area (Å²) in [5.41, 5.74) is 2.82. The van der Waals surface area contributed by atoms with Crippen LogP contribution in [0, 0.1) is 11.8 Å². The molecule has 4 rings (SSSR count). The van der Waals surface area contributed by atoms with Crippen LogP contribution in [-0.4, -0.2) is 31.6 Å². The first-order chi connectivity index (χ1) is 12.8. The summed E-state index contributed by atoms with van der Waals surface area (Å²) in [5, 5.41) is 0. The molecule has 2 aliphatic rings. The molecule has 0 N–H and O–H groups in total. The van der Waals surface area contributed by atoms with Gasteiger partial charge in [-0.3, -0.25) is 0 Å². The lowest BCUT2D eigenvalue weighted by Crippen LogP contribution is -2.31. The van der Waals surface area contributed by atoms with Crippen LogP contribution in [0.15, 0.2) is 54.6 Å². The summed E-state index contributed by atoms with van der Waals surface area (Å²) in [7, 11) is 1.73. The Morgan fingerprint density at radius 1 is 0.923 bits per heavy atom. The lowest BCUT2D eigenvalue weighted by Gasteiger charge is -2.27. The van der Waals surface area contributed by atoms with Crippen LogP contribution in [-0.2, 0) is 0 Å². The third-order valence-electron chi connectivity index (χ3n) is 6.47. The van der Waals surface area contributed by atoms with Crippen LogP contribution in [0.2, 0.25) is 0 Å². The Labute approximate surface area is 158 Å². The third kappa shape index (κ3) is 4.12. The maximum absolute atomic E-state index is 5.34. The van der Waals surface area contributed by atoms with Crippen molar-refractivity contribution in [2.75, 3.05) is 26.7 Å². The number of benzene rings is 2. The highest BCUT2D eigenvalue weighted by molar-refractivity contribution is 5.36. The van der Waals surface area contributed by atoms with Gasteiger partial charge < -0.3 is 9.64 Å². The highest BCUT2D eigenvalue weighted by Crippen LogP contribution is 2.37. The molecule has 0 spiro atoms. The number of rotatable bonds is 6. The molecule has 138 valence electrons. The molecule has 2 aromatic carbocycles. The van der Waals surface area contributed by atoms with Crippen molar-refractivity contribution in [1.29, 1.82) is 0 Å². The summed E-state index contributed by atoms with van der Waals surface area (Å²) in [5.74, 6) is 3.36. The second-order valence-corrected chi connectivity index (χ2v) is 8.16. The molecule has 0 unspecified atom stereocenters. The first kappa shape index (κ1) is 17.6. The molecule has 0 aromatic heterocycles. The number of hydrogen-bond donors (Lipinski definition) is 0. The molecule has 2 aromatic rings. The fraction of sp³-hybridized carbons (Fsp3) is 0.500. The van der Waals surface area contributed by atoms with Gasteiger partial charge in [-0.1, -0.05) is 48.9 Å². The Bertz CT molecular complexity index is 681. The van der Waals surface area contributed by atoms with Gasteiger partial charge in [0.1, 0.15) is 5.75 Å². The molecule has 2 heteroatoms. The van der Waals surface area contributed by atoms with E-state index >= 15 is 0 Å². The van der Waals surface area contributed by atoms with Gasteiger partial charge >= 0.3 is 0 Å². The molecule has 2 nitrogen and oxygen atoms in total. The zero-order valence-electron chi connectivity index (χ0n) is 15.9. The van der Waals surface area contributed by atoms with Crippen LogP contribution in [0.4, 0.5) is 0 Å². The molecule has 26 heavy (non-hydrogen) atoms. The van der Waals surface area contributed by atoms with Crippen LogP contribution in [0.1, 0.15) is 49.1 Å². The standard InChI is InChI=1S/C24H31NO/c1-26-23-11-9-22(10-12-23)24(21-5-3-2-4-6-21)14-16-25-15-13-19-7-8-20(17-19)18-25/h2-6,9-12,19-20,24H,7-8,13-18H2,1H3/t19-,20-,24+/m0/s1. The highest BCUT2D eigenvalue weighted by atomic mass is 16.5. The third-order valence-corrected chi connectivity index (χ3v) is 6.47. The van der Waals surface area contributed by atoms with Gasteiger partial charge in [-0.15, -0.1) is 0 Å². The first-order valence-electron chi connectivity index (χ1n) is 10.2. The fourth-order valence-corrected chi connectivity index (χ4v) is 4.99. The van der Waals surface area contributed by atoms with Gasteiger partial charge in [-0.25, -0.2) is 0 Å². The van der Waals surface area contributed by atoms with E-state index in [2.05, 4.69) is 59.5 Å². The molecular weight excluding hydrogens is 318 g/mol. The molecule has 1 saturated heterocycles. The largest absolute Gasteiger partial charge is 0.497 e. The van der Waals surface area contributed by atoms with E-state index in [1.54, 1.807) is 7.11 Å². The number of ether oxygens (including phenoxy) is 1. The van der Waals surface area contributed by atoms with E-state index in [1.165, 1.54) is 62.9 Å². The van der Waals surface area contributed by atoms with Crippen molar-refractivity contribution in [2.24, 2.45) is 11.8 Å². The van der Waals surface area contributed by atoms with Crippen molar-refractivity contribution in [3.05, 3.63) is 65.7 Å². The lowest BCUT2D eigenvalue weighted by molar-refractivity contribution is 0.231. The summed E-state index contributed by atoms with van der Waals surface area (Å²) in [6.45, 7) is 3.82. The quantitative estimate of drug-likeness (QED) is 0.698. The van der Waals surface area contributed by atoms with E-state index in [4.69, 9.17) is 4.74 Å². The zero-order valence-corrected chi connectivity index (χ0v) is 15.9. The Morgan fingerprint density at radius 3 is 2.42 bits per heavy atom. The Morgan fingerprint density at radius 2 is 1.65 bits per heavy atom. The van der Waals surface area contributed by atoms with Gasteiger partial charge in [0.25, 0.3) is 0 Å². The SMILES string of the molecule is COc1ccc([C@H](CCN2CC[C@@H]3CC[C@@H](C3)C2)c2ccccc2)cc1. The van der Waals surface area contributed by atoms with Gasteiger partial charge in [-0.05, 0) is 73.9 Å². The average Bonchev–Trinajstić information content (AvgIpc) is 3.04. The summed E-state index contributed by atoms with van der Waals surface area (Å²) in [4.78, 5) is 2.74. The van der Waals surface area contributed by atoms with Gasteiger partial charge in [0.15, 0.2) is 0 Å². The van der Waals surface area contributed by atoms with E-state index in [-0.39, 0.29) is 0 Å². The van der Waals surface area contributed by atoms with Crippen molar-refractivity contribution < 1.29 is 4.74 Å². The second-order valence-electron chi connectivity index (χ2n) is 8.16. The molecular formula is C24H31NO. The molecule has 1 aliphatic carbocycles. The number of fused-ring (bicyclic) bond motifs is 2. The fourth-order valence-electron chi connectivity index (χ4n) is 4.99. The minimum atomic E-state index is 0.461. The number of hydrogen-bond acceptors (Lipinski definition) is 2. The van der Waals surface area contributed by atoms with Crippen LogP contribution >= 0.6 is 0 Å². The minimum absolute atomic E-state index is 0.461. The Kier molecular flexibility index (Phi) is 5.59. The Hall–Kier alpha value is -1.80. The summed E-state index contributed by atoms with van der Waals surface area (Å²) in [6.07, 6.45) is 7.03. The molecule has 1 heterocycles. The number of likely N-dealkylation sites (tertiary alicyclic amines) is 1. The summed E-state index contributed by atoms with van der Waals surface area (Å²) in [6, 6.07) is 19.7. The smallest absolute Gasteiger partial charge is 0.118 e. The monoisotopic (exact) mass is 349 g/mol. The molecule has 1 saturated carbocycles. The van der Waals surface area contributed by atoms with Crippen molar-refractivity contribution in [1.82, 2.24) is 4.90 Å². The van der Waals surface area contributed by atoms with Crippen molar-refractivity contribution in [3.8, 4) is 5.75 Å². The first-order valence-corrected chi connectivity index (χ1v) is 10.2. The molecule has 2 bridgehead atoms. The highest BCUT2D eigenvalue weighted by Gasteiger charge is 2.30. The van der Waals surface area contributed by atoms with Gasteiger partial charge in [0.05, 0.1) is 7.11 Å². The van der Waals surface area contributed by atoms with E-state index in [9.17, 15) is 0 Å². The number of nitrogens with zero attached hydrogens (tertiary/aromatic N) is 1. The van der Waals surface area contributed by atoms with Crippen LogP contribution in [0.3, 0.4) is 0 Å². The van der Waals surface area contributed by atoms with Crippen LogP contribution in [0.5, 0.6) is 5.75 Å². The molecule has 1 aliphatic heterocycles. The average molecular weight is 350 g/mol. The predicted molar refractivity (Wildman–Crippen MR) is 108 cm³/mol. The topological polar surface area (TPSA) is 12.5 Å². The van der Waals surface area contributed by atoms with Crippen molar-refractivity contribution in [2.45, 2.75) is 38.0 Å². The lowest BCUT2D eigenvalue weighted by atomic mass is 9.88. The molecule has 3 atom stereocenters. The zero-order chi connectivity index (χ0) is 17.8. The maximum atomic E-state index is 5.34. The second kappa shape index (κ2) is 8.26. The van der Waals surface area contributed by atoms with Crippen LogP contribution in [0.25, 0.3) is 0 Å². The van der Waals surface area contributed by atoms with Gasteiger partial charge in [0.2, 0.25) is 0 Å². The van der Waals surface area contributed by atoms with E-state index in [1.807, 2.05) is 0 Å². The van der Waals surface area contributed by atoms with E-state index in [0.29, 0.717) is 5.92 Å². The predicted octanol–water partition coefficient (Wildman–Crippen LogP) is 5.34. The maximum Gasteiger partial charge on any atom is 0.118 e. The summed E-state index contributed by atoms with van der Waals surface area (Å²) >= 11 is 0. The normalized spacial score (nSPS) is 24.2. The van der Waals surface area contributed by atoms with Crippen molar-refractivity contribution >= 4 is 0 Å². The van der Waals surface area contributed by atoms with E-state index < -0.39 is 0 Å². The summed E-state index contributed by atoms with van der Waals surface area (Å²) < 4.78 is 5.34. The number of methoxy groups -OCH3 is 1. The van der Waals surface area contributed by atoms with Crippen LogP contribution < -0.4 is 4.74 Å². The van der Waals surface area contributed by atoms with Gasteiger partial charge in [-0.2, -0.15) is 0 Å². The van der Waals surface area contributed by atoms with E-state index in [0.717, 1.165) is 17.6 Å². The van der Waals surface area contributed by atoms with Gasteiger partial charge in [0, 0.05) is 12.5 Å². The Balaban J connectivity index is 1.47. The molecule has 0 radical (unpaired) electrons. The molecule has 0 amide bonds. The molecule has 2 fully saturated rings. The van der Waals surface area contributed by atoms with Crippen molar-refractivity contribution in [3.63, 3.8) is 0 Å². The minimum Gasteiger partial charge on any atom is -0.497 e.